The highest BCUT2D eigenvalue weighted by atomic mass is 16.7. The van der Waals surface area contributed by atoms with Crippen LogP contribution in [0.3, 0.4) is 0 Å². The molecule has 0 saturated carbocycles. The second-order valence-electron chi connectivity index (χ2n) is 6.06. The van der Waals surface area contributed by atoms with Crippen molar-refractivity contribution in [3.63, 3.8) is 0 Å². The number of Topliss-reactive ketones (excluding diaryl/α,β-unsaturated/α-hetero) is 1. The summed E-state index contributed by atoms with van der Waals surface area (Å²) in [5.41, 5.74) is 1.76. The lowest BCUT2D eigenvalue weighted by atomic mass is 10.1. The van der Waals surface area contributed by atoms with Gasteiger partial charge in [0.25, 0.3) is 0 Å². The standard InChI is InChI=1S/C21H21NO7/c1-3-25-17-7-4-15(5-8-17)18(23)11-26-21(24)12-29-22-14(2)16-6-9-19-20(10-16)28-13-27-19/h4-10H,3,11-13H2,1-2H3/b22-14+. The minimum absolute atomic E-state index is 0.187. The molecule has 0 unspecified atom stereocenters. The molecule has 3 rings (SSSR count). The molecule has 1 aliphatic rings. The Balaban J connectivity index is 1.43. The minimum atomic E-state index is -0.688. The van der Waals surface area contributed by atoms with Gasteiger partial charge in [0, 0.05) is 11.1 Å². The molecule has 0 saturated heterocycles. The van der Waals surface area contributed by atoms with E-state index in [9.17, 15) is 9.59 Å². The largest absolute Gasteiger partial charge is 0.494 e. The van der Waals surface area contributed by atoms with Gasteiger partial charge in [-0.2, -0.15) is 0 Å². The Labute approximate surface area is 168 Å². The summed E-state index contributed by atoms with van der Waals surface area (Å²) in [7, 11) is 0. The highest BCUT2D eigenvalue weighted by Crippen LogP contribution is 2.32. The summed E-state index contributed by atoms with van der Waals surface area (Å²) in [6.45, 7) is 3.56. The van der Waals surface area contributed by atoms with E-state index in [0.29, 0.717) is 35.1 Å². The fraction of sp³-hybridized carbons (Fsp3) is 0.286. The van der Waals surface area contributed by atoms with Crippen LogP contribution >= 0.6 is 0 Å². The van der Waals surface area contributed by atoms with E-state index in [1.54, 1.807) is 43.3 Å². The zero-order valence-corrected chi connectivity index (χ0v) is 16.2. The van der Waals surface area contributed by atoms with Crippen LogP contribution in [0.5, 0.6) is 17.2 Å². The van der Waals surface area contributed by atoms with Gasteiger partial charge in [-0.25, -0.2) is 4.79 Å². The predicted molar refractivity (Wildman–Crippen MR) is 104 cm³/mol. The second kappa shape index (κ2) is 9.59. The number of benzene rings is 2. The van der Waals surface area contributed by atoms with Gasteiger partial charge in [0.1, 0.15) is 5.75 Å². The van der Waals surface area contributed by atoms with Crippen molar-refractivity contribution in [1.82, 2.24) is 0 Å². The van der Waals surface area contributed by atoms with E-state index in [2.05, 4.69) is 5.16 Å². The van der Waals surface area contributed by atoms with Crippen molar-refractivity contribution in [3.05, 3.63) is 53.6 Å². The van der Waals surface area contributed by atoms with Crippen LogP contribution < -0.4 is 14.2 Å². The smallest absolute Gasteiger partial charge is 0.347 e. The van der Waals surface area contributed by atoms with Crippen molar-refractivity contribution < 1.29 is 33.4 Å². The maximum Gasteiger partial charge on any atom is 0.347 e. The molecular formula is C21H21NO7. The summed E-state index contributed by atoms with van der Waals surface area (Å²) in [5, 5.41) is 3.89. The fourth-order valence-corrected chi connectivity index (χ4v) is 2.53. The third-order valence-electron chi connectivity index (χ3n) is 4.03. The SMILES string of the molecule is CCOc1ccc(C(=O)COC(=O)CO/N=C(\C)c2ccc3c(c2)OCO3)cc1. The minimum Gasteiger partial charge on any atom is -0.494 e. The molecule has 0 bridgehead atoms. The first-order valence-corrected chi connectivity index (χ1v) is 9.05. The van der Waals surface area contributed by atoms with Gasteiger partial charge < -0.3 is 23.8 Å². The Morgan fingerprint density at radius 1 is 1.00 bits per heavy atom. The Morgan fingerprint density at radius 2 is 1.72 bits per heavy atom. The van der Waals surface area contributed by atoms with E-state index in [0.717, 1.165) is 5.56 Å². The molecule has 0 aliphatic carbocycles. The highest BCUT2D eigenvalue weighted by molar-refractivity contribution is 5.99. The van der Waals surface area contributed by atoms with Crippen LogP contribution in [0.25, 0.3) is 0 Å². The number of ether oxygens (including phenoxy) is 4. The van der Waals surface area contributed by atoms with Crippen LogP contribution in [0, 0.1) is 0 Å². The van der Waals surface area contributed by atoms with Crippen molar-refractivity contribution in [1.29, 1.82) is 0 Å². The molecule has 2 aromatic carbocycles. The number of hydrogen-bond donors (Lipinski definition) is 0. The second-order valence-corrected chi connectivity index (χ2v) is 6.06. The molecule has 152 valence electrons. The van der Waals surface area contributed by atoms with E-state index in [1.165, 1.54) is 0 Å². The van der Waals surface area contributed by atoms with Gasteiger partial charge in [-0.05, 0) is 56.3 Å². The van der Waals surface area contributed by atoms with Crippen LogP contribution in [0.1, 0.15) is 29.8 Å². The number of carbonyl (C=O) groups excluding carboxylic acids is 2. The Morgan fingerprint density at radius 3 is 2.48 bits per heavy atom. The predicted octanol–water partition coefficient (Wildman–Crippen LogP) is 2.98. The van der Waals surface area contributed by atoms with Gasteiger partial charge in [0.2, 0.25) is 13.4 Å². The number of nitrogens with zero attached hydrogens (tertiary/aromatic N) is 1. The van der Waals surface area contributed by atoms with Gasteiger partial charge in [-0.1, -0.05) is 5.16 Å². The van der Waals surface area contributed by atoms with Crippen LogP contribution in [0.2, 0.25) is 0 Å². The topological polar surface area (TPSA) is 92.7 Å². The molecule has 1 aliphatic heterocycles. The van der Waals surface area contributed by atoms with Crippen molar-refractivity contribution in [2.24, 2.45) is 5.16 Å². The fourth-order valence-electron chi connectivity index (χ4n) is 2.53. The molecule has 0 N–H and O–H groups in total. The number of esters is 1. The number of fused-ring (bicyclic) bond motifs is 1. The third-order valence-corrected chi connectivity index (χ3v) is 4.03. The number of carbonyl (C=O) groups is 2. The first-order chi connectivity index (χ1) is 14.1. The molecule has 8 heteroatoms. The molecule has 8 nitrogen and oxygen atoms in total. The van der Waals surface area contributed by atoms with E-state index < -0.39 is 12.6 Å². The van der Waals surface area contributed by atoms with Gasteiger partial charge in [-0.3, -0.25) is 4.79 Å². The molecule has 0 amide bonds. The molecule has 0 aromatic heterocycles. The summed E-state index contributed by atoms with van der Waals surface area (Å²) in [6, 6.07) is 12.0. The van der Waals surface area contributed by atoms with Crippen LogP contribution in [-0.4, -0.2) is 44.1 Å². The first-order valence-electron chi connectivity index (χ1n) is 9.05. The van der Waals surface area contributed by atoms with Gasteiger partial charge in [0.05, 0.1) is 12.3 Å². The Hall–Kier alpha value is -3.55. The van der Waals surface area contributed by atoms with Crippen LogP contribution in [0.4, 0.5) is 0 Å². The number of oxime groups is 1. The Kier molecular flexibility index (Phi) is 6.67. The molecule has 0 spiro atoms. The maximum atomic E-state index is 12.1. The Bertz CT molecular complexity index is 906. The third kappa shape index (κ3) is 5.47. The lowest BCUT2D eigenvalue weighted by Gasteiger charge is -2.06. The summed E-state index contributed by atoms with van der Waals surface area (Å²) < 4.78 is 20.8. The van der Waals surface area contributed by atoms with Crippen molar-refractivity contribution >= 4 is 17.5 Å². The van der Waals surface area contributed by atoms with E-state index >= 15 is 0 Å². The summed E-state index contributed by atoms with van der Waals surface area (Å²) in [5.74, 6) is 0.964. The molecule has 29 heavy (non-hydrogen) atoms. The molecule has 0 fully saturated rings. The monoisotopic (exact) mass is 399 g/mol. The highest BCUT2D eigenvalue weighted by Gasteiger charge is 2.14. The zero-order chi connectivity index (χ0) is 20.6. The lowest BCUT2D eigenvalue weighted by molar-refractivity contribution is -0.147. The van der Waals surface area contributed by atoms with Crippen molar-refractivity contribution in [2.45, 2.75) is 13.8 Å². The average molecular weight is 399 g/mol. The quantitative estimate of drug-likeness (QED) is 0.277. The van der Waals surface area contributed by atoms with Crippen molar-refractivity contribution in [2.75, 3.05) is 26.6 Å². The lowest BCUT2D eigenvalue weighted by Crippen LogP contribution is -2.17. The van der Waals surface area contributed by atoms with E-state index in [1.807, 2.05) is 13.0 Å². The summed E-state index contributed by atoms with van der Waals surface area (Å²) in [4.78, 5) is 28.9. The zero-order valence-electron chi connectivity index (χ0n) is 16.2. The van der Waals surface area contributed by atoms with Crippen LogP contribution in [-0.2, 0) is 14.4 Å². The number of hydrogen-bond acceptors (Lipinski definition) is 8. The molecule has 1 heterocycles. The summed E-state index contributed by atoms with van der Waals surface area (Å²) >= 11 is 0. The van der Waals surface area contributed by atoms with Crippen molar-refractivity contribution in [3.8, 4) is 17.2 Å². The average Bonchev–Trinajstić information content (AvgIpc) is 3.20. The number of ketones is 1. The van der Waals surface area contributed by atoms with E-state index in [4.69, 9.17) is 23.8 Å². The van der Waals surface area contributed by atoms with Gasteiger partial charge >= 0.3 is 5.97 Å². The first kappa shape index (κ1) is 20.2. The number of rotatable bonds is 9. The molecule has 2 aromatic rings. The summed E-state index contributed by atoms with van der Waals surface area (Å²) in [6.07, 6.45) is 0. The maximum absolute atomic E-state index is 12.1. The van der Waals surface area contributed by atoms with Gasteiger partial charge in [0.15, 0.2) is 23.9 Å². The molecule has 0 radical (unpaired) electrons. The van der Waals surface area contributed by atoms with Gasteiger partial charge in [-0.15, -0.1) is 0 Å². The normalized spacial score (nSPS) is 12.4. The molecule has 0 atom stereocenters. The van der Waals surface area contributed by atoms with Crippen LogP contribution in [0.15, 0.2) is 47.6 Å². The van der Waals surface area contributed by atoms with E-state index in [-0.39, 0.29) is 19.2 Å². The molecular weight excluding hydrogens is 378 g/mol.